The van der Waals surface area contributed by atoms with Crippen molar-refractivity contribution in [3.63, 3.8) is 0 Å². The van der Waals surface area contributed by atoms with E-state index in [9.17, 15) is 14.7 Å². The van der Waals surface area contributed by atoms with Gasteiger partial charge in [-0.2, -0.15) is 0 Å². The molecule has 2 aromatic carbocycles. The molecular weight excluding hydrogens is 320 g/mol. The monoisotopic (exact) mass is 336 g/mol. The van der Waals surface area contributed by atoms with Crippen LogP contribution in [0.2, 0.25) is 0 Å². The van der Waals surface area contributed by atoms with E-state index >= 15 is 0 Å². The summed E-state index contributed by atoms with van der Waals surface area (Å²) in [4.78, 5) is 23.4. The fourth-order valence-corrected chi connectivity index (χ4v) is 2.52. The summed E-state index contributed by atoms with van der Waals surface area (Å²) in [6.45, 7) is 0.555. The lowest BCUT2D eigenvalue weighted by molar-refractivity contribution is 0.0693. The molecule has 0 aliphatic carbocycles. The number of hydrogen-bond donors (Lipinski definition) is 3. The fourth-order valence-electron chi connectivity index (χ4n) is 2.52. The lowest BCUT2D eigenvalue weighted by Crippen LogP contribution is -2.17. The molecule has 0 atom stereocenters. The summed E-state index contributed by atoms with van der Waals surface area (Å²) >= 11 is 0. The molecule has 0 saturated carbocycles. The number of carboxylic acid groups (broad SMARTS) is 1. The van der Waals surface area contributed by atoms with E-state index in [1.54, 1.807) is 12.1 Å². The molecular formula is C19H16N2O4. The van der Waals surface area contributed by atoms with Crippen LogP contribution in [0, 0.1) is 0 Å². The number of benzene rings is 2. The van der Waals surface area contributed by atoms with E-state index in [0.29, 0.717) is 17.9 Å². The third-order valence-corrected chi connectivity index (χ3v) is 3.74. The van der Waals surface area contributed by atoms with Crippen LogP contribution in [-0.4, -0.2) is 26.7 Å². The van der Waals surface area contributed by atoms with Crippen LogP contribution in [0.1, 0.15) is 26.4 Å². The molecule has 126 valence electrons. The lowest BCUT2D eigenvalue weighted by Gasteiger charge is -2.11. The standard InChI is InChI=1S/C19H16N2O4/c22-17-11-14(8-9-15(17)19(24)25)20-18(23)16-7-4-10-21(16)12-13-5-2-1-3-6-13/h1-11,22H,12H2,(H,20,23)(H,24,25). The Labute approximate surface area is 144 Å². The number of anilines is 1. The average Bonchev–Trinajstić information content (AvgIpc) is 3.03. The topological polar surface area (TPSA) is 91.6 Å². The third kappa shape index (κ3) is 3.69. The normalized spacial score (nSPS) is 10.4. The molecule has 0 aliphatic heterocycles. The highest BCUT2D eigenvalue weighted by Gasteiger charge is 2.14. The number of carboxylic acids is 1. The van der Waals surface area contributed by atoms with Crippen LogP contribution in [0.4, 0.5) is 5.69 Å². The number of hydrogen-bond acceptors (Lipinski definition) is 3. The quantitative estimate of drug-likeness (QED) is 0.667. The molecule has 6 nitrogen and oxygen atoms in total. The van der Waals surface area contributed by atoms with E-state index < -0.39 is 11.7 Å². The van der Waals surface area contributed by atoms with Crippen molar-refractivity contribution in [2.24, 2.45) is 0 Å². The molecule has 0 aliphatic rings. The highest BCUT2D eigenvalue weighted by atomic mass is 16.4. The molecule has 6 heteroatoms. The van der Waals surface area contributed by atoms with Gasteiger partial charge < -0.3 is 20.1 Å². The second-order valence-electron chi connectivity index (χ2n) is 5.50. The number of aromatic carboxylic acids is 1. The zero-order chi connectivity index (χ0) is 17.8. The van der Waals surface area contributed by atoms with Crippen LogP contribution < -0.4 is 5.32 Å². The molecule has 0 saturated heterocycles. The second kappa shape index (κ2) is 6.92. The molecule has 1 amide bonds. The molecule has 3 rings (SSSR count). The summed E-state index contributed by atoms with van der Waals surface area (Å²) in [6.07, 6.45) is 1.81. The Morgan fingerprint density at radius 1 is 1.00 bits per heavy atom. The predicted molar refractivity (Wildman–Crippen MR) is 93.0 cm³/mol. The van der Waals surface area contributed by atoms with Gasteiger partial charge in [0.2, 0.25) is 0 Å². The number of amides is 1. The van der Waals surface area contributed by atoms with Crippen molar-refractivity contribution in [1.82, 2.24) is 4.57 Å². The number of nitrogens with zero attached hydrogens (tertiary/aromatic N) is 1. The van der Waals surface area contributed by atoms with Gasteiger partial charge in [-0.1, -0.05) is 30.3 Å². The third-order valence-electron chi connectivity index (χ3n) is 3.74. The Morgan fingerprint density at radius 2 is 1.76 bits per heavy atom. The lowest BCUT2D eigenvalue weighted by atomic mass is 10.2. The van der Waals surface area contributed by atoms with Gasteiger partial charge >= 0.3 is 5.97 Å². The first kappa shape index (κ1) is 16.3. The second-order valence-corrected chi connectivity index (χ2v) is 5.50. The van der Waals surface area contributed by atoms with Gasteiger partial charge in [0.25, 0.3) is 5.91 Å². The van der Waals surface area contributed by atoms with E-state index in [4.69, 9.17) is 5.11 Å². The zero-order valence-electron chi connectivity index (χ0n) is 13.2. The smallest absolute Gasteiger partial charge is 0.339 e. The van der Waals surface area contributed by atoms with E-state index in [1.807, 2.05) is 41.1 Å². The van der Waals surface area contributed by atoms with Gasteiger partial charge in [-0.3, -0.25) is 4.79 Å². The van der Waals surface area contributed by atoms with E-state index in [-0.39, 0.29) is 11.5 Å². The largest absolute Gasteiger partial charge is 0.507 e. The highest BCUT2D eigenvalue weighted by molar-refractivity contribution is 6.03. The molecule has 0 fully saturated rings. The van der Waals surface area contributed by atoms with Gasteiger partial charge in [-0.15, -0.1) is 0 Å². The van der Waals surface area contributed by atoms with Gasteiger partial charge in [0.1, 0.15) is 17.0 Å². The molecule has 0 unspecified atom stereocenters. The first-order chi connectivity index (χ1) is 12.0. The van der Waals surface area contributed by atoms with Gasteiger partial charge in [0.05, 0.1) is 0 Å². The van der Waals surface area contributed by atoms with Crippen LogP contribution in [0.15, 0.2) is 66.9 Å². The van der Waals surface area contributed by atoms with Crippen molar-refractivity contribution in [1.29, 1.82) is 0 Å². The number of carbonyl (C=O) groups excluding carboxylic acids is 1. The minimum absolute atomic E-state index is 0.217. The maximum Gasteiger partial charge on any atom is 0.339 e. The Bertz CT molecular complexity index is 916. The maximum atomic E-state index is 12.5. The average molecular weight is 336 g/mol. The van der Waals surface area contributed by atoms with Crippen molar-refractivity contribution in [3.8, 4) is 5.75 Å². The Hall–Kier alpha value is -3.54. The molecule has 0 bridgehead atoms. The van der Waals surface area contributed by atoms with E-state index in [1.165, 1.54) is 18.2 Å². The minimum atomic E-state index is -1.23. The van der Waals surface area contributed by atoms with Crippen molar-refractivity contribution in [2.45, 2.75) is 6.54 Å². The Morgan fingerprint density at radius 3 is 2.44 bits per heavy atom. The number of aromatic hydroxyl groups is 1. The maximum absolute atomic E-state index is 12.5. The van der Waals surface area contributed by atoms with Gasteiger partial charge in [-0.05, 0) is 29.8 Å². The number of carbonyl (C=O) groups is 2. The number of rotatable bonds is 5. The molecule has 25 heavy (non-hydrogen) atoms. The number of aromatic nitrogens is 1. The van der Waals surface area contributed by atoms with Crippen LogP contribution >= 0.6 is 0 Å². The Kier molecular flexibility index (Phi) is 4.52. The summed E-state index contributed by atoms with van der Waals surface area (Å²) in [6, 6.07) is 17.1. The summed E-state index contributed by atoms with van der Waals surface area (Å²) in [5, 5.41) is 21.3. The van der Waals surface area contributed by atoms with E-state index in [2.05, 4.69) is 5.32 Å². The molecule has 1 aromatic heterocycles. The van der Waals surface area contributed by atoms with Crippen LogP contribution in [-0.2, 0) is 6.54 Å². The van der Waals surface area contributed by atoms with Gasteiger partial charge in [-0.25, -0.2) is 4.79 Å². The molecule has 3 aromatic rings. The van der Waals surface area contributed by atoms with E-state index in [0.717, 1.165) is 5.56 Å². The summed E-state index contributed by atoms with van der Waals surface area (Å²) in [7, 11) is 0. The van der Waals surface area contributed by atoms with Gasteiger partial charge in [0, 0.05) is 24.5 Å². The van der Waals surface area contributed by atoms with Crippen molar-refractivity contribution >= 4 is 17.6 Å². The molecule has 1 heterocycles. The van der Waals surface area contributed by atoms with Crippen molar-refractivity contribution in [3.05, 3.63) is 83.7 Å². The van der Waals surface area contributed by atoms with Crippen molar-refractivity contribution in [2.75, 3.05) is 5.32 Å². The Balaban J connectivity index is 1.77. The molecule has 3 N–H and O–H groups in total. The summed E-state index contributed by atoms with van der Waals surface area (Å²) in [5.41, 5.74) is 1.63. The summed E-state index contributed by atoms with van der Waals surface area (Å²) < 4.78 is 1.82. The first-order valence-electron chi connectivity index (χ1n) is 7.61. The molecule has 0 spiro atoms. The number of nitrogens with one attached hydrogen (secondary N) is 1. The predicted octanol–water partition coefficient (Wildman–Crippen LogP) is 3.19. The summed E-state index contributed by atoms with van der Waals surface area (Å²) in [5.74, 6) is -1.97. The first-order valence-corrected chi connectivity index (χ1v) is 7.61. The number of phenols is 1. The minimum Gasteiger partial charge on any atom is -0.507 e. The SMILES string of the molecule is O=C(O)c1ccc(NC(=O)c2cccn2Cc2ccccc2)cc1O. The van der Waals surface area contributed by atoms with Crippen LogP contribution in [0.25, 0.3) is 0 Å². The zero-order valence-corrected chi connectivity index (χ0v) is 13.2. The molecule has 0 radical (unpaired) electrons. The van der Waals surface area contributed by atoms with Gasteiger partial charge in [0.15, 0.2) is 0 Å². The van der Waals surface area contributed by atoms with Crippen molar-refractivity contribution < 1.29 is 19.8 Å². The van der Waals surface area contributed by atoms with Crippen LogP contribution in [0.3, 0.4) is 0 Å². The highest BCUT2D eigenvalue weighted by Crippen LogP contribution is 2.22. The van der Waals surface area contributed by atoms with Crippen LogP contribution in [0.5, 0.6) is 5.75 Å². The fraction of sp³-hybridized carbons (Fsp3) is 0.0526.